The second-order valence-electron chi connectivity index (χ2n) is 4.65. The number of carbonyl (C=O) groups is 1. The number of anilines is 1. The van der Waals surface area contributed by atoms with Crippen molar-refractivity contribution in [2.75, 3.05) is 25.5 Å². The van der Waals surface area contributed by atoms with Crippen LogP contribution in [-0.2, 0) is 4.74 Å². The lowest BCUT2D eigenvalue weighted by atomic mass is 10.0. The van der Waals surface area contributed by atoms with Crippen molar-refractivity contribution >= 4 is 11.7 Å². The first kappa shape index (κ1) is 11.8. The van der Waals surface area contributed by atoms with Crippen LogP contribution in [0.5, 0.6) is 0 Å². The fourth-order valence-corrected chi connectivity index (χ4v) is 1.82. The van der Waals surface area contributed by atoms with Gasteiger partial charge in [-0.05, 0) is 13.8 Å². The summed E-state index contributed by atoms with van der Waals surface area (Å²) in [6, 6.07) is 0. The summed E-state index contributed by atoms with van der Waals surface area (Å²) in [4.78, 5) is 21.9. The molecule has 6 nitrogen and oxygen atoms in total. The molecular weight excluding hydrogens is 220 g/mol. The molecule has 92 valence electrons. The number of amides is 1. The van der Waals surface area contributed by atoms with Gasteiger partial charge in [0.15, 0.2) is 0 Å². The predicted molar refractivity (Wildman–Crippen MR) is 62.4 cm³/mol. The number of nitrogens with zero attached hydrogens (tertiary/aromatic N) is 3. The molecule has 1 saturated heterocycles. The van der Waals surface area contributed by atoms with Crippen LogP contribution >= 0.6 is 0 Å². The standard InChI is InChI=1S/C11H16N4O2/c1-11(2)7-17-4-3-15(11)10(16)8-5-14-9(12)6-13-8/h5-6H,3-4,7H2,1-2H3,(H2,12,14). The van der Waals surface area contributed by atoms with Gasteiger partial charge in [0.25, 0.3) is 5.91 Å². The first-order chi connectivity index (χ1) is 8.00. The Kier molecular flexibility index (Phi) is 2.97. The van der Waals surface area contributed by atoms with Crippen LogP contribution in [0.3, 0.4) is 0 Å². The van der Waals surface area contributed by atoms with Crippen molar-refractivity contribution in [3.05, 3.63) is 18.1 Å². The number of hydrogen-bond donors (Lipinski definition) is 1. The maximum atomic E-state index is 12.3. The van der Waals surface area contributed by atoms with E-state index in [1.54, 1.807) is 4.90 Å². The van der Waals surface area contributed by atoms with Crippen molar-refractivity contribution in [3.8, 4) is 0 Å². The first-order valence-corrected chi connectivity index (χ1v) is 5.48. The Morgan fingerprint density at radius 3 is 2.82 bits per heavy atom. The van der Waals surface area contributed by atoms with E-state index in [0.29, 0.717) is 31.3 Å². The lowest BCUT2D eigenvalue weighted by Crippen LogP contribution is -2.55. The summed E-state index contributed by atoms with van der Waals surface area (Å²) < 4.78 is 5.37. The number of rotatable bonds is 1. The zero-order valence-corrected chi connectivity index (χ0v) is 10.0. The third-order valence-electron chi connectivity index (χ3n) is 2.78. The molecule has 2 heterocycles. The van der Waals surface area contributed by atoms with Crippen molar-refractivity contribution in [1.29, 1.82) is 0 Å². The maximum absolute atomic E-state index is 12.3. The van der Waals surface area contributed by atoms with E-state index >= 15 is 0 Å². The quantitative estimate of drug-likeness (QED) is 0.759. The van der Waals surface area contributed by atoms with Gasteiger partial charge in [-0.2, -0.15) is 0 Å². The molecule has 1 fully saturated rings. The van der Waals surface area contributed by atoms with E-state index in [1.807, 2.05) is 13.8 Å². The Morgan fingerprint density at radius 2 is 2.24 bits per heavy atom. The van der Waals surface area contributed by atoms with Crippen molar-refractivity contribution in [3.63, 3.8) is 0 Å². The third kappa shape index (κ3) is 2.36. The van der Waals surface area contributed by atoms with E-state index in [-0.39, 0.29) is 11.4 Å². The Labute approximate surface area is 99.8 Å². The van der Waals surface area contributed by atoms with E-state index in [2.05, 4.69) is 9.97 Å². The van der Waals surface area contributed by atoms with E-state index in [0.717, 1.165) is 0 Å². The number of ether oxygens (including phenoxy) is 1. The summed E-state index contributed by atoms with van der Waals surface area (Å²) in [5.74, 6) is 0.175. The molecule has 1 aromatic rings. The summed E-state index contributed by atoms with van der Waals surface area (Å²) in [5.41, 5.74) is 5.43. The Hall–Kier alpha value is -1.69. The third-order valence-corrected chi connectivity index (χ3v) is 2.78. The summed E-state index contributed by atoms with van der Waals surface area (Å²) in [5, 5.41) is 0. The van der Waals surface area contributed by atoms with Crippen LogP contribution in [0.1, 0.15) is 24.3 Å². The predicted octanol–water partition coefficient (Wildman–Crippen LogP) is 0.310. The fourth-order valence-electron chi connectivity index (χ4n) is 1.82. The van der Waals surface area contributed by atoms with Gasteiger partial charge in [0.2, 0.25) is 0 Å². The molecule has 0 spiro atoms. The zero-order valence-electron chi connectivity index (χ0n) is 10.0. The van der Waals surface area contributed by atoms with E-state index < -0.39 is 0 Å². The Bertz CT molecular complexity index is 416. The second-order valence-corrected chi connectivity index (χ2v) is 4.65. The van der Waals surface area contributed by atoms with Crippen molar-refractivity contribution < 1.29 is 9.53 Å². The van der Waals surface area contributed by atoms with E-state index in [9.17, 15) is 4.79 Å². The molecule has 0 radical (unpaired) electrons. The largest absolute Gasteiger partial charge is 0.382 e. The first-order valence-electron chi connectivity index (χ1n) is 5.48. The Balaban J connectivity index is 2.21. The molecular formula is C11H16N4O2. The van der Waals surface area contributed by atoms with Crippen LogP contribution in [0.15, 0.2) is 12.4 Å². The summed E-state index contributed by atoms with van der Waals surface area (Å²) in [6.45, 7) is 5.58. The maximum Gasteiger partial charge on any atom is 0.274 e. The van der Waals surface area contributed by atoms with E-state index in [4.69, 9.17) is 10.5 Å². The van der Waals surface area contributed by atoms with Crippen LogP contribution < -0.4 is 5.73 Å². The molecule has 2 N–H and O–H groups in total. The number of nitrogen functional groups attached to an aromatic ring is 1. The van der Waals surface area contributed by atoms with Gasteiger partial charge >= 0.3 is 0 Å². The highest BCUT2D eigenvalue weighted by Gasteiger charge is 2.35. The molecule has 2 rings (SSSR count). The van der Waals surface area contributed by atoms with Gasteiger partial charge in [0.05, 0.1) is 31.1 Å². The van der Waals surface area contributed by atoms with Crippen LogP contribution in [0.2, 0.25) is 0 Å². The van der Waals surface area contributed by atoms with Gasteiger partial charge in [0, 0.05) is 6.54 Å². The number of carbonyl (C=O) groups excluding carboxylic acids is 1. The molecule has 1 aliphatic heterocycles. The lowest BCUT2D eigenvalue weighted by Gasteiger charge is -2.41. The molecule has 1 aromatic heterocycles. The molecule has 0 unspecified atom stereocenters. The molecule has 0 aliphatic carbocycles. The summed E-state index contributed by atoms with van der Waals surface area (Å²) in [7, 11) is 0. The van der Waals surface area contributed by atoms with Gasteiger partial charge < -0.3 is 15.4 Å². The van der Waals surface area contributed by atoms with Crippen LogP contribution in [-0.4, -0.2) is 46.1 Å². The average molecular weight is 236 g/mol. The SMILES string of the molecule is CC1(C)COCCN1C(=O)c1cnc(N)cn1. The number of aromatic nitrogens is 2. The number of hydrogen-bond acceptors (Lipinski definition) is 5. The summed E-state index contributed by atoms with van der Waals surface area (Å²) in [6.07, 6.45) is 2.80. The molecule has 0 bridgehead atoms. The molecule has 1 aliphatic rings. The normalized spacial score (nSPS) is 19.1. The highest BCUT2D eigenvalue weighted by Crippen LogP contribution is 2.20. The highest BCUT2D eigenvalue weighted by molar-refractivity contribution is 5.92. The zero-order chi connectivity index (χ0) is 12.5. The van der Waals surface area contributed by atoms with Crippen LogP contribution in [0.25, 0.3) is 0 Å². The van der Waals surface area contributed by atoms with Gasteiger partial charge in [-0.15, -0.1) is 0 Å². The minimum atomic E-state index is -0.321. The molecule has 17 heavy (non-hydrogen) atoms. The average Bonchev–Trinajstić information content (AvgIpc) is 2.28. The molecule has 6 heteroatoms. The second kappa shape index (κ2) is 4.29. The smallest absolute Gasteiger partial charge is 0.274 e. The molecule has 0 aromatic carbocycles. The van der Waals surface area contributed by atoms with Gasteiger partial charge in [-0.1, -0.05) is 0 Å². The fraction of sp³-hybridized carbons (Fsp3) is 0.545. The van der Waals surface area contributed by atoms with Gasteiger partial charge in [0.1, 0.15) is 11.5 Å². The van der Waals surface area contributed by atoms with Crippen molar-refractivity contribution in [2.45, 2.75) is 19.4 Å². The van der Waals surface area contributed by atoms with Crippen molar-refractivity contribution in [1.82, 2.24) is 14.9 Å². The van der Waals surface area contributed by atoms with E-state index in [1.165, 1.54) is 12.4 Å². The monoisotopic (exact) mass is 236 g/mol. The highest BCUT2D eigenvalue weighted by atomic mass is 16.5. The molecule has 0 atom stereocenters. The summed E-state index contributed by atoms with van der Waals surface area (Å²) >= 11 is 0. The number of morpholine rings is 1. The molecule has 1 amide bonds. The van der Waals surface area contributed by atoms with Crippen molar-refractivity contribution in [2.24, 2.45) is 0 Å². The minimum Gasteiger partial charge on any atom is -0.382 e. The van der Waals surface area contributed by atoms with Gasteiger partial charge in [-0.3, -0.25) is 4.79 Å². The Morgan fingerprint density at radius 1 is 1.47 bits per heavy atom. The molecule has 0 saturated carbocycles. The van der Waals surface area contributed by atoms with Crippen LogP contribution in [0, 0.1) is 0 Å². The minimum absolute atomic E-state index is 0.134. The topological polar surface area (TPSA) is 81.3 Å². The van der Waals surface area contributed by atoms with Crippen LogP contribution in [0.4, 0.5) is 5.82 Å². The lowest BCUT2D eigenvalue weighted by molar-refractivity contribution is -0.0373. The number of nitrogens with two attached hydrogens (primary N) is 1. The van der Waals surface area contributed by atoms with Gasteiger partial charge in [-0.25, -0.2) is 9.97 Å².